The molecule has 3 N–H and O–H groups in total. The van der Waals surface area contributed by atoms with E-state index in [4.69, 9.17) is 0 Å². The van der Waals surface area contributed by atoms with Crippen LogP contribution in [0, 0.1) is 17.2 Å². The average molecular weight is 554 g/mol. The Balaban J connectivity index is 1.38. The van der Waals surface area contributed by atoms with Crippen molar-refractivity contribution in [3.63, 3.8) is 0 Å². The molecule has 0 atom stereocenters. The monoisotopic (exact) mass is 553 g/mol. The summed E-state index contributed by atoms with van der Waals surface area (Å²) < 4.78 is 39.2. The molecule has 7 nitrogen and oxygen atoms in total. The topological polar surface area (TPSA) is 78.7 Å². The zero-order valence-corrected chi connectivity index (χ0v) is 23.3. The molecule has 0 spiro atoms. The lowest BCUT2D eigenvalue weighted by Gasteiger charge is -2.29. The highest BCUT2D eigenvalue weighted by molar-refractivity contribution is 5.80. The van der Waals surface area contributed by atoms with Crippen LogP contribution in [0.1, 0.15) is 84.4 Å². The van der Waals surface area contributed by atoms with E-state index >= 15 is 0 Å². The summed E-state index contributed by atoms with van der Waals surface area (Å²) in [6.45, 7) is 3.71. The molecule has 1 heterocycles. The maximum absolute atomic E-state index is 13.1. The van der Waals surface area contributed by atoms with E-state index in [1.165, 1.54) is 72.5 Å². The lowest BCUT2D eigenvalue weighted by Crippen LogP contribution is -2.41. The van der Waals surface area contributed by atoms with Crippen LogP contribution < -0.4 is 16.2 Å². The van der Waals surface area contributed by atoms with Crippen molar-refractivity contribution >= 4 is 11.6 Å². The first kappa shape index (κ1) is 28.2. The van der Waals surface area contributed by atoms with E-state index in [9.17, 15) is 18.4 Å². The summed E-state index contributed by atoms with van der Waals surface area (Å²) in [5.41, 5.74) is 13.0. The number of benzene rings is 2. The quantitative estimate of drug-likeness (QED) is 0.381. The molecule has 5 rings (SSSR count). The molecule has 214 valence electrons. The van der Waals surface area contributed by atoms with Crippen LogP contribution in [0.4, 0.5) is 18.9 Å². The first-order valence-corrected chi connectivity index (χ1v) is 14.4. The number of rotatable bonds is 8. The minimum Gasteiger partial charge on any atom is -0.385 e. The average Bonchev–Trinajstić information content (AvgIpc) is 3.57. The Bertz CT molecular complexity index is 1290. The van der Waals surface area contributed by atoms with Crippen LogP contribution in [0.2, 0.25) is 0 Å². The molecule has 1 saturated heterocycles. The normalized spacial score (nSPS) is 19.4. The molecular formula is C30H38F3N7. The molecule has 2 aliphatic carbocycles. The van der Waals surface area contributed by atoms with Crippen molar-refractivity contribution in [3.05, 3.63) is 63.2 Å². The predicted octanol–water partition coefficient (Wildman–Crippen LogP) is 5.85. The number of hydrogen-bond donors (Lipinski definition) is 3. The number of aryl methyl sites for hydroxylation is 1. The molecule has 0 radical (unpaired) electrons. The second-order valence-electron chi connectivity index (χ2n) is 11.1. The van der Waals surface area contributed by atoms with E-state index in [0.717, 1.165) is 43.9 Å². The standard InChI is InChI=1S/C30H38F3N7/c1-3-35-28-26-11-7-6-10-21(26)15-23(14-20-8-4-5-9-20)27(28)19-40-38-29(37-39(40)2)36-18-22-12-13-25(30(31,32)33)16-24(22)17-34/h12-13,15-16,20,35H,3-11,14,18-19H2,1-2H3,(H2,36,37,38). The van der Waals surface area contributed by atoms with Gasteiger partial charge in [-0.2, -0.15) is 18.4 Å². The molecule has 0 unspecified atom stereocenters. The summed E-state index contributed by atoms with van der Waals surface area (Å²) in [6, 6.07) is 7.55. The van der Waals surface area contributed by atoms with Gasteiger partial charge in [-0.3, -0.25) is 10.9 Å². The van der Waals surface area contributed by atoms with Crippen molar-refractivity contribution in [1.82, 2.24) is 21.1 Å². The number of anilines is 1. The Labute approximate surface area is 234 Å². The van der Waals surface area contributed by atoms with Gasteiger partial charge in [-0.05, 0) is 84.9 Å². The highest BCUT2D eigenvalue weighted by Crippen LogP contribution is 2.38. The molecule has 0 bridgehead atoms. The van der Waals surface area contributed by atoms with Crippen LogP contribution in [-0.4, -0.2) is 29.8 Å². The molecule has 10 heteroatoms. The first-order valence-electron chi connectivity index (χ1n) is 14.4. The maximum Gasteiger partial charge on any atom is 0.416 e. The molecule has 1 saturated carbocycles. The second kappa shape index (κ2) is 12.1. The fraction of sp³-hybridized carbons (Fsp3) is 0.533. The highest BCUT2D eigenvalue weighted by Gasteiger charge is 2.31. The number of nitrogens with one attached hydrogen (secondary N) is 3. The van der Waals surface area contributed by atoms with Crippen LogP contribution in [0.25, 0.3) is 0 Å². The van der Waals surface area contributed by atoms with Crippen molar-refractivity contribution < 1.29 is 13.2 Å². The summed E-state index contributed by atoms with van der Waals surface area (Å²) >= 11 is 0. The lowest BCUT2D eigenvalue weighted by molar-refractivity contribution is -0.137. The van der Waals surface area contributed by atoms with Gasteiger partial charge in [-0.1, -0.05) is 37.8 Å². The number of hydrogen-bond acceptors (Lipinski definition) is 5. The third-order valence-electron chi connectivity index (χ3n) is 8.32. The van der Waals surface area contributed by atoms with E-state index in [1.54, 1.807) is 0 Å². The van der Waals surface area contributed by atoms with E-state index < -0.39 is 11.7 Å². The van der Waals surface area contributed by atoms with Crippen LogP contribution in [0.15, 0.2) is 29.3 Å². The van der Waals surface area contributed by atoms with Gasteiger partial charge >= 0.3 is 6.18 Å². The molecule has 2 aromatic rings. The summed E-state index contributed by atoms with van der Waals surface area (Å²) in [5, 5.41) is 16.9. The molecule has 3 aliphatic rings. The fourth-order valence-corrected chi connectivity index (χ4v) is 6.25. The summed E-state index contributed by atoms with van der Waals surface area (Å²) in [4.78, 5) is 4.53. The van der Waals surface area contributed by atoms with Crippen molar-refractivity contribution in [2.45, 2.75) is 84.0 Å². The molecule has 40 heavy (non-hydrogen) atoms. The number of guanidine groups is 1. The Morgan fingerprint density at radius 2 is 1.85 bits per heavy atom. The van der Waals surface area contributed by atoms with Gasteiger partial charge in [0.1, 0.15) is 0 Å². The van der Waals surface area contributed by atoms with Crippen LogP contribution in [0.5, 0.6) is 0 Å². The van der Waals surface area contributed by atoms with Crippen molar-refractivity contribution in [3.8, 4) is 6.07 Å². The summed E-state index contributed by atoms with van der Waals surface area (Å²) in [7, 11) is 1.90. The third-order valence-corrected chi connectivity index (χ3v) is 8.32. The zero-order valence-electron chi connectivity index (χ0n) is 23.3. The van der Waals surface area contributed by atoms with E-state index in [-0.39, 0.29) is 12.1 Å². The number of nitrogens with zero attached hydrogens (tertiary/aromatic N) is 4. The largest absolute Gasteiger partial charge is 0.416 e. The van der Waals surface area contributed by atoms with Gasteiger partial charge in [0.2, 0.25) is 5.96 Å². The van der Waals surface area contributed by atoms with Crippen LogP contribution in [0.3, 0.4) is 0 Å². The van der Waals surface area contributed by atoms with Gasteiger partial charge in [-0.25, -0.2) is 4.99 Å². The number of fused-ring (bicyclic) bond motifs is 1. The lowest BCUT2D eigenvalue weighted by atomic mass is 9.83. The molecule has 2 fully saturated rings. The Morgan fingerprint density at radius 1 is 1.07 bits per heavy atom. The zero-order chi connectivity index (χ0) is 28.3. The van der Waals surface area contributed by atoms with E-state index in [2.05, 4.69) is 34.2 Å². The van der Waals surface area contributed by atoms with Crippen LogP contribution in [-0.2, 0) is 38.5 Å². The molecule has 2 aromatic carbocycles. The van der Waals surface area contributed by atoms with Gasteiger partial charge in [-0.15, -0.1) is 10.2 Å². The number of nitriles is 1. The highest BCUT2D eigenvalue weighted by atomic mass is 19.4. The minimum atomic E-state index is -4.49. The Morgan fingerprint density at radius 3 is 2.58 bits per heavy atom. The first-order chi connectivity index (χ1) is 19.3. The molecule has 0 amide bonds. The van der Waals surface area contributed by atoms with Gasteiger partial charge in [0, 0.05) is 19.3 Å². The number of hydrazine groups is 3. The summed E-state index contributed by atoms with van der Waals surface area (Å²) in [5.74, 6) is 1.21. The number of halogens is 3. The second-order valence-corrected chi connectivity index (χ2v) is 11.1. The van der Waals surface area contributed by atoms with Crippen molar-refractivity contribution in [2.24, 2.45) is 10.9 Å². The molecule has 1 aliphatic heterocycles. The van der Waals surface area contributed by atoms with E-state index in [1.807, 2.05) is 23.4 Å². The van der Waals surface area contributed by atoms with Gasteiger partial charge in [0.05, 0.1) is 30.3 Å². The minimum absolute atomic E-state index is 0.0247. The molecule has 0 aromatic heterocycles. The Hall–Kier alpha value is -3.29. The number of aliphatic imine (C=N–C) groups is 1. The fourth-order valence-electron chi connectivity index (χ4n) is 6.25. The predicted molar refractivity (Wildman–Crippen MR) is 150 cm³/mol. The number of alkyl halides is 3. The third kappa shape index (κ3) is 6.21. The van der Waals surface area contributed by atoms with E-state index in [0.29, 0.717) is 18.1 Å². The summed E-state index contributed by atoms with van der Waals surface area (Å²) in [6.07, 6.45) is 6.51. The maximum atomic E-state index is 13.1. The Kier molecular flexibility index (Phi) is 8.52. The van der Waals surface area contributed by atoms with Gasteiger partial charge in [0.15, 0.2) is 0 Å². The SMILES string of the molecule is CCNc1c2c(cc(CC3CCCC3)c1CN1NC(=NCc3ccc(C(F)(F)F)cc3C#N)NN1C)CCCC2. The molecular weight excluding hydrogens is 515 g/mol. The van der Waals surface area contributed by atoms with Crippen molar-refractivity contribution in [1.29, 1.82) is 5.26 Å². The van der Waals surface area contributed by atoms with Gasteiger partial charge in [0.25, 0.3) is 0 Å². The van der Waals surface area contributed by atoms with Crippen LogP contribution >= 0.6 is 0 Å². The van der Waals surface area contributed by atoms with Gasteiger partial charge < -0.3 is 5.32 Å². The van der Waals surface area contributed by atoms with Crippen molar-refractivity contribution in [2.75, 3.05) is 18.9 Å². The smallest absolute Gasteiger partial charge is 0.385 e.